The molecule has 1 aliphatic rings. The van der Waals surface area contributed by atoms with Crippen molar-refractivity contribution in [1.82, 2.24) is 4.90 Å². The zero-order chi connectivity index (χ0) is 14.0. The molecule has 1 heterocycles. The number of likely N-dealkylation sites (tertiary alicyclic amines) is 1. The number of aliphatic hydroxyl groups excluding tert-OH is 1. The lowest BCUT2D eigenvalue weighted by molar-refractivity contribution is -0.385. The number of hydrogen-bond acceptors (Lipinski definition) is 4. The number of hydrogen-bond donors (Lipinski definition) is 1. The number of rotatable bonds is 2. The van der Waals surface area contributed by atoms with Crippen LogP contribution in [0.25, 0.3) is 0 Å². The van der Waals surface area contributed by atoms with Crippen LogP contribution in [-0.4, -0.2) is 40.0 Å². The van der Waals surface area contributed by atoms with Crippen LogP contribution in [0.1, 0.15) is 28.8 Å². The van der Waals surface area contributed by atoms with Crippen LogP contribution in [-0.2, 0) is 0 Å². The summed E-state index contributed by atoms with van der Waals surface area (Å²) >= 11 is 0. The Bertz CT molecular complexity index is 515. The first kappa shape index (κ1) is 13.5. The normalized spacial score (nSPS) is 19.3. The van der Waals surface area contributed by atoms with E-state index in [0.29, 0.717) is 24.9 Å². The Hall–Kier alpha value is -1.95. The molecule has 6 heteroatoms. The fraction of sp³-hybridized carbons (Fsp3) is 0.462. The van der Waals surface area contributed by atoms with Crippen molar-refractivity contribution < 1.29 is 14.8 Å². The van der Waals surface area contributed by atoms with E-state index in [9.17, 15) is 20.0 Å². The van der Waals surface area contributed by atoms with Crippen molar-refractivity contribution >= 4 is 11.6 Å². The smallest absolute Gasteiger partial charge is 0.285 e. The number of aryl methyl sites for hydroxylation is 1. The third-order valence-electron chi connectivity index (χ3n) is 3.33. The molecule has 1 aromatic rings. The predicted molar refractivity (Wildman–Crippen MR) is 69.0 cm³/mol. The first-order valence-electron chi connectivity index (χ1n) is 6.22. The van der Waals surface area contributed by atoms with Crippen molar-refractivity contribution in [3.63, 3.8) is 0 Å². The summed E-state index contributed by atoms with van der Waals surface area (Å²) in [5, 5.41) is 20.7. The molecule has 1 amide bonds. The maximum atomic E-state index is 12.3. The summed E-state index contributed by atoms with van der Waals surface area (Å²) in [7, 11) is 0. The first-order chi connectivity index (χ1) is 9.00. The van der Waals surface area contributed by atoms with E-state index in [-0.39, 0.29) is 23.7 Å². The Morgan fingerprint density at radius 1 is 1.53 bits per heavy atom. The lowest BCUT2D eigenvalue weighted by Gasteiger charge is -2.30. The third-order valence-corrected chi connectivity index (χ3v) is 3.33. The number of benzene rings is 1. The van der Waals surface area contributed by atoms with Gasteiger partial charge in [0.05, 0.1) is 11.0 Å². The van der Waals surface area contributed by atoms with Gasteiger partial charge in [0, 0.05) is 18.7 Å². The number of nitro groups is 1. The lowest BCUT2D eigenvalue weighted by atomic mass is 10.0. The quantitative estimate of drug-likeness (QED) is 0.648. The molecule has 1 unspecified atom stereocenters. The number of β-amino-alcohol motifs (C(OH)–C–C–N with tert-alkyl or cyclic N) is 1. The molecular formula is C13H16N2O4. The molecule has 2 rings (SSSR count). The standard InChI is InChI=1S/C13H16N2O4/c1-9-4-2-6-11(12(9)15(18)19)13(17)14-7-3-5-10(16)8-14/h2,4,6,10,16H,3,5,7-8H2,1H3. The van der Waals surface area contributed by atoms with Crippen LogP contribution in [0.15, 0.2) is 18.2 Å². The van der Waals surface area contributed by atoms with Gasteiger partial charge in [-0.25, -0.2) is 0 Å². The minimum absolute atomic E-state index is 0.0964. The molecule has 0 aromatic heterocycles. The zero-order valence-corrected chi connectivity index (χ0v) is 10.7. The van der Waals surface area contributed by atoms with Crippen LogP contribution in [0.2, 0.25) is 0 Å². The van der Waals surface area contributed by atoms with Crippen LogP contribution < -0.4 is 0 Å². The minimum Gasteiger partial charge on any atom is -0.391 e. The Balaban J connectivity index is 2.33. The fourth-order valence-corrected chi connectivity index (χ4v) is 2.38. The number of nitro benzene ring substituents is 1. The molecule has 1 fully saturated rings. The van der Waals surface area contributed by atoms with Gasteiger partial charge >= 0.3 is 0 Å². The number of aliphatic hydroxyl groups is 1. The van der Waals surface area contributed by atoms with Gasteiger partial charge in [-0.15, -0.1) is 0 Å². The summed E-state index contributed by atoms with van der Waals surface area (Å²) < 4.78 is 0. The van der Waals surface area contributed by atoms with Gasteiger partial charge in [-0.1, -0.05) is 12.1 Å². The van der Waals surface area contributed by atoms with E-state index in [0.717, 1.165) is 0 Å². The number of para-hydroxylation sites is 1. The fourth-order valence-electron chi connectivity index (χ4n) is 2.38. The summed E-state index contributed by atoms with van der Waals surface area (Å²) in [6.45, 7) is 2.38. The first-order valence-corrected chi connectivity index (χ1v) is 6.22. The second kappa shape index (κ2) is 5.36. The number of amides is 1. The molecule has 1 aromatic carbocycles. The van der Waals surface area contributed by atoms with Crippen molar-refractivity contribution in [1.29, 1.82) is 0 Å². The summed E-state index contributed by atoms with van der Waals surface area (Å²) in [6, 6.07) is 4.71. The van der Waals surface area contributed by atoms with Crippen molar-refractivity contribution in [2.75, 3.05) is 13.1 Å². The Labute approximate surface area is 110 Å². The van der Waals surface area contributed by atoms with E-state index in [1.807, 2.05) is 0 Å². The molecule has 19 heavy (non-hydrogen) atoms. The van der Waals surface area contributed by atoms with Crippen LogP contribution in [0.4, 0.5) is 5.69 Å². The van der Waals surface area contributed by atoms with Gasteiger partial charge in [-0.3, -0.25) is 14.9 Å². The molecule has 0 spiro atoms. The van der Waals surface area contributed by atoms with Crippen LogP contribution in [0.3, 0.4) is 0 Å². The molecule has 1 N–H and O–H groups in total. The molecular weight excluding hydrogens is 248 g/mol. The lowest BCUT2D eigenvalue weighted by Crippen LogP contribution is -2.42. The van der Waals surface area contributed by atoms with Gasteiger partial charge in [0.25, 0.3) is 11.6 Å². The van der Waals surface area contributed by atoms with Crippen LogP contribution in [0.5, 0.6) is 0 Å². The topological polar surface area (TPSA) is 83.7 Å². The van der Waals surface area contributed by atoms with Crippen molar-refractivity contribution in [2.45, 2.75) is 25.9 Å². The Morgan fingerprint density at radius 2 is 2.26 bits per heavy atom. The van der Waals surface area contributed by atoms with Crippen molar-refractivity contribution in [3.05, 3.63) is 39.4 Å². The highest BCUT2D eigenvalue weighted by molar-refractivity contribution is 5.98. The predicted octanol–water partition coefficient (Wildman–Crippen LogP) is 1.50. The molecule has 0 radical (unpaired) electrons. The summed E-state index contributed by atoms with van der Waals surface area (Å²) in [5.41, 5.74) is 0.417. The molecule has 6 nitrogen and oxygen atoms in total. The average molecular weight is 264 g/mol. The van der Waals surface area contributed by atoms with Crippen molar-refractivity contribution in [2.24, 2.45) is 0 Å². The molecule has 1 aliphatic heterocycles. The number of carbonyl (C=O) groups is 1. The SMILES string of the molecule is Cc1cccc(C(=O)N2CCCC(O)C2)c1[N+](=O)[O-]. The minimum atomic E-state index is -0.540. The largest absolute Gasteiger partial charge is 0.391 e. The maximum Gasteiger partial charge on any atom is 0.285 e. The van der Waals surface area contributed by atoms with E-state index in [4.69, 9.17) is 0 Å². The van der Waals surface area contributed by atoms with Gasteiger partial charge in [-0.05, 0) is 25.8 Å². The van der Waals surface area contributed by atoms with Gasteiger partial charge in [-0.2, -0.15) is 0 Å². The van der Waals surface area contributed by atoms with Crippen molar-refractivity contribution in [3.8, 4) is 0 Å². The highest BCUT2D eigenvalue weighted by Gasteiger charge is 2.29. The zero-order valence-electron chi connectivity index (χ0n) is 10.7. The van der Waals surface area contributed by atoms with E-state index in [2.05, 4.69) is 0 Å². The second-order valence-electron chi connectivity index (χ2n) is 4.78. The highest BCUT2D eigenvalue weighted by Crippen LogP contribution is 2.25. The average Bonchev–Trinajstić information content (AvgIpc) is 2.37. The van der Waals surface area contributed by atoms with E-state index < -0.39 is 11.0 Å². The molecule has 102 valence electrons. The van der Waals surface area contributed by atoms with E-state index >= 15 is 0 Å². The number of carbonyl (C=O) groups excluding carboxylic acids is 1. The Kier molecular flexibility index (Phi) is 3.80. The van der Waals surface area contributed by atoms with Gasteiger partial charge in [0.15, 0.2) is 0 Å². The van der Waals surface area contributed by atoms with E-state index in [1.165, 1.54) is 11.0 Å². The summed E-state index contributed by atoms with van der Waals surface area (Å²) in [5.74, 6) is -0.380. The number of nitrogens with zero attached hydrogens (tertiary/aromatic N) is 2. The van der Waals surface area contributed by atoms with Gasteiger partial charge in [0.2, 0.25) is 0 Å². The molecule has 0 bridgehead atoms. The van der Waals surface area contributed by atoms with Crippen LogP contribution >= 0.6 is 0 Å². The maximum absolute atomic E-state index is 12.3. The molecule has 0 aliphatic carbocycles. The number of piperidine rings is 1. The summed E-state index contributed by atoms with van der Waals surface area (Å²) in [4.78, 5) is 24.4. The van der Waals surface area contributed by atoms with E-state index in [1.54, 1.807) is 19.1 Å². The summed E-state index contributed by atoms with van der Waals surface area (Å²) in [6.07, 6.45) is 0.841. The molecule has 1 saturated heterocycles. The Morgan fingerprint density at radius 3 is 2.89 bits per heavy atom. The van der Waals surface area contributed by atoms with Gasteiger partial charge in [0.1, 0.15) is 5.56 Å². The van der Waals surface area contributed by atoms with Gasteiger partial charge < -0.3 is 10.0 Å². The monoisotopic (exact) mass is 264 g/mol. The van der Waals surface area contributed by atoms with Crippen LogP contribution in [0, 0.1) is 17.0 Å². The molecule has 1 atom stereocenters. The second-order valence-corrected chi connectivity index (χ2v) is 4.78. The highest BCUT2D eigenvalue weighted by atomic mass is 16.6. The third kappa shape index (κ3) is 2.73. The molecule has 0 saturated carbocycles.